The molecule has 6 heteroatoms. The van der Waals surface area contributed by atoms with E-state index in [-0.39, 0.29) is 11.6 Å². The first-order valence-corrected chi connectivity index (χ1v) is 10.5. The second-order valence-corrected chi connectivity index (χ2v) is 8.01. The van der Waals surface area contributed by atoms with Crippen LogP contribution in [0.25, 0.3) is 0 Å². The minimum atomic E-state index is -0.130. The van der Waals surface area contributed by atoms with Crippen LogP contribution >= 0.6 is 0 Å². The molecule has 0 unspecified atom stereocenters. The van der Waals surface area contributed by atoms with Crippen molar-refractivity contribution in [3.8, 4) is 11.5 Å². The Hall–Kier alpha value is -2.31. The Morgan fingerprint density at radius 3 is 2.62 bits per heavy atom. The van der Waals surface area contributed by atoms with Crippen molar-refractivity contribution in [1.82, 2.24) is 9.80 Å². The van der Waals surface area contributed by atoms with Gasteiger partial charge in [-0.05, 0) is 49.2 Å². The third kappa shape index (κ3) is 4.65. The number of hydrogen-bond acceptors (Lipinski definition) is 5. The highest BCUT2D eigenvalue weighted by atomic mass is 19.1. The van der Waals surface area contributed by atoms with E-state index in [9.17, 15) is 9.50 Å². The molecule has 0 bridgehead atoms. The van der Waals surface area contributed by atoms with Gasteiger partial charge in [0, 0.05) is 45.3 Å². The van der Waals surface area contributed by atoms with Gasteiger partial charge in [0.05, 0.1) is 12.8 Å². The van der Waals surface area contributed by atoms with Crippen molar-refractivity contribution < 1.29 is 14.2 Å². The van der Waals surface area contributed by atoms with E-state index in [0.717, 1.165) is 57.1 Å². The second kappa shape index (κ2) is 9.01. The molecule has 2 saturated heterocycles. The van der Waals surface area contributed by atoms with Gasteiger partial charge in [0.15, 0.2) is 11.5 Å². The van der Waals surface area contributed by atoms with Gasteiger partial charge in [0.25, 0.3) is 0 Å². The molecule has 2 aromatic rings. The van der Waals surface area contributed by atoms with Gasteiger partial charge in [-0.1, -0.05) is 18.2 Å². The number of ether oxygens (including phenoxy) is 1. The van der Waals surface area contributed by atoms with Crippen molar-refractivity contribution in [2.75, 3.05) is 51.3 Å². The van der Waals surface area contributed by atoms with E-state index in [1.165, 1.54) is 12.8 Å². The number of phenolic OH excluding ortho intramolecular Hbond substituents is 1. The van der Waals surface area contributed by atoms with Crippen LogP contribution in [0, 0.1) is 5.82 Å². The number of para-hydroxylation sites is 1. The standard InChI is InChI=1S/C23H30FN3O2/c1-29-23-15-18(8-9-22(23)28)16-25-10-4-5-19(17-25)26-11-13-27(14-12-26)21-7-3-2-6-20(21)24/h2-3,6-9,15,19,28H,4-5,10-14,16-17H2,1H3/t19-/m1/s1. The number of likely N-dealkylation sites (tertiary alicyclic amines) is 1. The topological polar surface area (TPSA) is 39.2 Å². The predicted molar refractivity (Wildman–Crippen MR) is 113 cm³/mol. The minimum absolute atomic E-state index is 0.130. The highest BCUT2D eigenvalue weighted by Gasteiger charge is 2.28. The van der Waals surface area contributed by atoms with Crippen molar-refractivity contribution in [1.29, 1.82) is 0 Å². The molecule has 1 N–H and O–H groups in total. The number of nitrogens with zero attached hydrogens (tertiary/aromatic N) is 3. The molecule has 2 aromatic carbocycles. The molecule has 29 heavy (non-hydrogen) atoms. The molecule has 4 rings (SSSR count). The monoisotopic (exact) mass is 399 g/mol. The van der Waals surface area contributed by atoms with Crippen LogP contribution in [0.3, 0.4) is 0 Å². The van der Waals surface area contributed by atoms with Crippen molar-refractivity contribution in [2.45, 2.75) is 25.4 Å². The summed E-state index contributed by atoms with van der Waals surface area (Å²) in [4.78, 5) is 7.22. The van der Waals surface area contributed by atoms with Crippen LogP contribution in [0.5, 0.6) is 11.5 Å². The van der Waals surface area contributed by atoms with E-state index in [1.54, 1.807) is 25.3 Å². The van der Waals surface area contributed by atoms with Crippen molar-refractivity contribution >= 4 is 5.69 Å². The highest BCUT2D eigenvalue weighted by Crippen LogP contribution is 2.28. The lowest BCUT2D eigenvalue weighted by Gasteiger charge is -2.44. The summed E-state index contributed by atoms with van der Waals surface area (Å²) in [6, 6.07) is 13.2. The molecule has 0 spiro atoms. The predicted octanol–water partition coefficient (Wildman–Crippen LogP) is 3.33. The quantitative estimate of drug-likeness (QED) is 0.835. The summed E-state index contributed by atoms with van der Waals surface area (Å²) in [6.07, 6.45) is 2.41. The fraction of sp³-hybridized carbons (Fsp3) is 0.478. The molecule has 0 radical (unpaired) electrons. The molecule has 156 valence electrons. The number of phenols is 1. The molecule has 2 aliphatic rings. The lowest BCUT2D eigenvalue weighted by Crippen LogP contribution is -2.55. The van der Waals surface area contributed by atoms with Gasteiger partial charge in [-0.15, -0.1) is 0 Å². The first-order chi connectivity index (χ1) is 14.1. The van der Waals surface area contributed by atoms with E-state index in [2.05, 4.69) is 14.7 Å². The number of anilines is 1. The summed E-state index contributed by atoms with van der Waals surface area (Å²) in [7, 11) is 1.58. The Morgan fingerprint density at radius 1 is 1.07 bits per heavy atom. The van der Waals surface area contributed by atoms with E-state index in [1.807, 2.05) is 24.3 Å². The maximum Gasteiger partial charge on any atom is 0.160 e. The maximum atomic E-state index is 14.1. The summed E-state index contributed by atoms with van der Waals surface area (Å²) in [5.74, 6) is 0.579. The number of aromatic hydroxyl groups is 1. The van der Waals surface area contributed by atoms with E-state index in [4.69, 9.17) is 4.74 Å². The Kier molecular flexibility index (Phi) is 6.21. The van der Waals surface area contributed by atoms with Gasteiger partial charge in [0.2, 0.25) is 0 Å². The average Bonchev–Trinajstić information content (AvgIpc) is 2.76. The Labute approximate surface area is 172 Å². The van der Waals surface area contributed by atoms with Crippen LogP contribution in [0.2, 0.25) is 0 Å². The fourth-order valence-corrected chi connectivity index (χ4v) is 4.59. The summed E-state index contributed by atoms with van der Waals surface area (Å²) >= 11 is 0. The minimum Gasteiger partial charge on any atom is -0.504 e. The molecule has 0 amide bonds. The van der Waals surface area contributed by atoms with Gasteiger partial charge in [-0.3, -0.25) is 9.80 Å². The Morgan fingerprint density at radius 2 is 1.86 bits per heavy atom. The number of methoxy groups -OCH3 is 1. The summed E-state index contributed by atoms with van der Waals surface area (Å²) in [6.45, 7) is 6.68. The normalized spacial score (nSPS) is 21.3. The van der Waals surface area contributed by atoms with Gasteiger partial charge in [0.1, 0.15) is 5.82 Å². The molecule has 0 saturated carbocycles. The fourth-order valence-electron chi connectivity index (χ4n) is 4.59. The molecule has 0 aromatic heterocycles. The number of benzene rings is 2. The van der Waals surface area contributed by atoms with E-state index < -0.39 is 0 Å². The van der Waals surface area contributed by atoms with Crippen LogP contribution in [0.15, 0.2) is 42.5 Å². The van der Waals surface area contributed by atoms with Crippen molar-refractivity contribution in [3.63, 3.8) is 0 Å². The zero-order chi connectivity index (χ0) is 20.2. The van der Waals surface area contributed by atoms with E-state index in [0.29, 0.717) is 11.8 Å². The maximum absolute atomic E-state index is 14.1. The molecular weight excluding hydrogens is 369 g/mol. The summed E-state index contributed by atoms with van der Waals surface area (Å²) in [5, 5.41) is 9.80. The first kappa shape index (κ1) is 20.0. The largest absolute Gasteiger partial charge is 0.504 e. The van der Waals surface area contributed by atoms with Crippen LogP contribution < -0.4 is 9.64 Å². The Bertz CT molecular complexity index is 824. The summed E-state index contributed by atoms with van der Waals surface area (Å²) in [5.41, 5.74) is 1.88. The molecule has 2 fully saturated rings. The third-order valence-electron chi connectivity index (χ3n) is 6.15. The van der Waals surface area contributed by atoms with Crippen molar-refractivity contribution in [2.24, 2.45) is 0 Å². The number of rotatable bonds is 5. The smallest absolute Gasteiger partial charge is 0.160 e. The summed E-state index contributed by atoms with van der Waals surface area (Å²) < 4.78 is 19.3. The second-order valence-electron chi connectivity index (χ2n) is 8.01. The number of hydrogen-bond donors (Lipinski definition) is 1. The van der Waals surface area contributed by atoms with E-state index >= 15 is 0 Å². The van der Waals surface area contributed by atoms with Gasteiger partial charge in [-0.2, -0.15) is 0 Å². The first-order valence-electron chi connectivity index (χ1n) is 10.5. The molecule has 2 heterocycles. The van der Waals surface area contributed by atoms with Crippen LogP contribution in [0.1, 0.15) is 18.4 Å². The van der Waals surface area contributed by atoms with Gasteiger partial charge in [-0.25, -0.2) is 4.39 Å². The lowest BCUT2D eigenvalue weighted by atomic mass is 10.0. The highest BCUT2D eigenvalue weighted by molar-refractivity contribution is 5.48. The molecule has 2 aliphatic heterocycles. The SMILES string of the molecule is COc1cc(CN2CCC[C@@H](N3CCN(c4ccccc4F)CC3)C2)ccc1O. The Balaban J connectivity index is 1.33. The van der Waals surface area contributed by atoms with Crippen molar-refractivity contribution in [3.05, 3.63) is 53.8 Å². The van der Waals surface area contributed by atoms with Crippen LogP contribution in [-0.4, -0.2) is 67.3 Å². The number of piperazine rings is 1. The van der Waals surface area contributed by atoms with Crippen LogP contribution in [0.4, 0.5) is 10.1 Å². The zero-order valence-electron chi connectivity index (χ0n) is 17.1. The zero-order valence-corrected chi connectivity index (χ0v) is 17.1. The lowest BCUT2D eigenvalue weighted by molar-refractivity contribution is 0.0886. The number of halogens is 1. The third-order valence-corrected chi connectivity index (χ3v) is 6.15. The molecule has 0 aliphatic carbocycles. The molecule has 1 atom stereocenters. The van der Waals surface area contributed by atoms with Gasteiger partial charge < -0.3 is 14.7 Å². The average molecular weight is 400 g/mol. The number of piperidine rings is 1. The molecule has 5 nitrogen and oxygen atoms in total. The van der Waals surface area contributed by atoms with Crippen LogP contribution in [-0.2, 0) is 6.54 Å². The molecular formula is C23H30FN3O2. The van der Waals surface area contributed by atoms with Gasteiger partial charge >= 0.3 is 0 Å².